The number of hydrogen-bond acceptors (Lipinski definition) is 2. The van der Waals surface area contributed by atoms with E-state index in [2.05, 4.69) is 5.32 Å². The van der Waals surface area contributed by atoms with Crippen molar-refractivity contribution >= 4 is 28.3 Å². The van der Waals surface area contributed by atoms with Gasteiger partial charge in [0.2, 0.25) is 0 Å². The van der Waals surface area contributed by atoms with Crippen molar-refractivity contribution in [3.05, 3.63) is 77.4 Å². The Labute approximate surface area is 133 Å². The fourth-order valence-electron chi connectivity index (χ4n) is 2.46. The molecule has 4 nitrogen and oxygen atoms in total. The lowest BCUT2D eigenvalue weighted by Gasteiger charge is -2.10. The molecule has 0 aliphatic carbocycles. The third-order valence-electron chi connectivity index (χ3n) is 3.73. The lowest BCUT2D eigenvalue weighted by molar-refractivity contribution is 0.0696. The number of carbonyl (C=O) groups excluding carboxylic acids is 1. The van der Waals surface area contributed by atoms with Gasteiger partial charge in [-0.2, -0.15) is 0 Å². The Morgan fingerprint density at radius 1 is 0.870 bits per heavy atom. The van der Waals surface area contributed by atoms with Crippen LogP contribution in [0.15, 0.2) is 60.7 Å². The Hall–Kier alpha value is -3.14. The number of rotatable bonds is 3. The van der Waals surface area contributed by atoms with Gasteiger partial charge in [-0.1, -0.05) is 30.3 Å². The predicted octanol–water partition coefficient (Wildman–Crippen LogP) is 4.10. The molecule has 0 heterocycles. The smallest absolute Gasteiger partial charge is 0.335 e. The third-order valence-corrected chi connectivity index (χ3v) is 3.73. The number of carbonyl (C=O) groups is 2. The Bertz CT molecular complexity index is 915. The highest BCUT2D eigenvalue weighted by Gasteiger charge is 2.10. The summed E-state index contributed by atoms with van der Waals surface area (Å²) in [6, 6.07) is 18.0. The molecule has 3 aromatic carbocycles. The summed E-state index contributed by atoms with van der Waals surface area (Å²) in [6.07, 6.45) is 0. The number of amides is 1. The molecule has 0 aliphatic heterocycles. The number of carboxylic acids is 1. The van der Waals surface area contributed by atoms with E-state index in [9.17, 15) is 9.59 Å². The van der Waals surface area contributed by atoms with Gasteiger partial charge in [-0.3, -0.25) is 4.79 Å². The zero-order chi connectivity index (χ0) is 16.4. The number of benzene rings is 3. The van der Waals surface area contributed by atoms with Crippen LogP contribution in [-0.4, -0.2) is 17.0 Å². The first-order chi connectivity index (χ1) is 11.0. The molecular formula is C19H15NO3. The van der Waals surface area contributed by atoms with E-state index in [1.807, 2.05) is 36.4 Å². The van der Waals surface area contributed by atoms with Gasteiger partial charge in [0.15, 0.2) is 0 Å². The third kappa shape index (κ3) is 3.06. The molecule has 1 amide bonds. The highest BCUT2D eigenvalue weighted by Crippen LogP contribution is 2.20. The molecule has 0 saturated carbocycles. The van der Waals surface area contributed by atoms with Crippen molar-refractivity contribution in [3.63, 3.8) is 0 Å². The maximum Gasteiger partial charge on any atom is 0.335 e. The van der Waals surface area contributed by atoms with Crippen molar-refractivity contribution in [1.29, 1.82) is 0 Å². The van der Waals surface area contributed by atoms with E-state index < -0.39 is 5.97 Å². The highest BCUT2D eigenvalue weighted by atomic mass is 16.4. The summed E-state index contributed by atoms with van der Waals surface area (Å²) < 4.78 is 0. The van der Waals surface area contributed by atoms with Crippen molar-refractivity contribution < 1.29 is 14.7 Å². The van der Waals surface area contributed by atoms with Gasteiger partial charge in [-0.15, -0.1) is 0 Å². The standard InChI is InChI=1S/C19H15NO3/c1-12-10-16(19(22)23)8-9-17(12)20-18(21)15-7-6-13-4-2-3-5-14(13)11-15/h2-11H,1H3,(H,20,21)(H,22,23). The topological polar surface area (TPSA) is 66.4 Å². The van der Waals surface area contributed by atoms with E-state index in [1.54, 1.807) is 25.1 Å². The quantitative estimate of drug-likeness (QED) is 0.765. The summed E-state index contributed by atoms with van der Waals surface area (Å²) in [7, 11) is 0. The first-order valence-corrected chi connectivity index (χ1v) is 7.19. The number of hydrogen-bond donors (Lipinski definition) is 2. The van der Waals surface area contributed by atoms with Gasteiger partial charge in [-0.05, 0) is 53.6 Å². The average molecular weight is 305 g/mol. The monoisotopic (exact) mass is 305 g/mol. The van der Waals surface area contributed by atoms with Crippen LogP contribution in [0.5, 0.6) is 0 Å². The summed E-state index contributed by atoms with van der Waals surface area (Å²) >= 11 is 0. The van der Waals surface area contributed by atoms with Gasteiger partial charge in [0.05, 0.1) is 5.56 Å². The van der Waals surface area contributed by atoms with Gasteiger partial charge in [0.1, 0.15) is 0 Å². The molecule has 0 saturated heterocycles. The SMILES string of the molecule is Cc1cc(C(=O)O)ccc1NC(=O)c1ccc2ccccc2c1. The molecule has 2 N–H and O–H groups in total. The predicted molar refractivity (Wildman–Crippen MR) is 90.0 cm³/mol. The molecule has 0 unspecified atom stereocenters. The van der Waals surface area contributed by atoms with Crippen molar-refractivity contribution in [3.8, 4) is 0 Å². The summed E-state index contributed by atoms with van der Waals surface area (Å²) in [5, 5.41) is 13.9. The van der Waals surface area contributed by atoms with Crippen LogP contribution in [0.4, 0.5) is 5.69 Å². The fourth-order valence-corrected chi connectivity index (χ4v) is 2.46. The van der Waals surface area contributed by atoms with Gasteiger partial charge < -0.3 is 10.4 Å². The Morgan fingerprint density at radius 3 is 2.26 bits per heavy atom. The molecule has 0 spiro atoms. The maximum absolute atomic E-state index is 12.4. The number of nitrogens with one attached hydrogen (secondary N) is 1. The summed E-state index contributed by atoms with van der Waals surface area (Å²) in [4.78, 5) is 23.3. The van der Waals surface area contributed by atoms with Crippen molar-refractivity contribution in [1.82, 2.24) is 0 Å². The molecule has 0 aromatic heterocycles. The minimum absolute atomic E-state index is 0.200. The molecule has 0 aliphatic rings. The molecule has 0 atom stereocenters. The number of aryl methyl sites for hydroxylation is 1. The minimum atomic E-state index is -0.986. The van der Waals surface area contributed by atoms with Crippen LogP contribution >= 0.6 is 0 Å². The van der Waals surface area contributed by atoms with E-state index in [4.69, 9.17) is 5.11 Å². The van der Waals surface area contributed by atoms with Gasteiger partial charge in [-0.25, -0.2) is 4.79 Å². The van der Waals surface area contributed by atoms with Crippen LogP contribution in [0, 0.1) is 6.92 Å². The number of fused-ring (bicyclic) bond motifs is 1. The second kappa shape index (κ2) is 5.93. The average Bonchev–Trinajstić information content (AvgIpc) is 2.56. The van der Waals surface area contributed by atoms with E-state index in [-0.39, 0.29) is 11.5 Å². The van der Waals surface area contributed by atoms with Crippen LogP contribution in [0.3, 0.4) is 0 Å². The molecule has 4 heteroatoms. The van der Waals surface area contributed by atoms with Crippen molar-refractivity contribution in [2.45, 2.75) is 6.92 Å². The molecule has 3 aromatic rings. The summed E-state index contributed by atoms with van der Waals surface area (Å²) in [5.41, 5.74) is 2.07. The fraction of sp³-hybridized carbons (Fsp3) is 0.0526. The molecule has 0 radical (unpaired) electrons. The lowest BCUT2D eigenvalue weighted by Crippen LogP contribution is -2.13. The van der Waals surface area contributed by atoms with E-state index in [1.165, 1.54) is 6.07 Å². The largest absolute Gasteiger partial charge is 0.478 e. The molecule has 0 fully saturated rings. The number of anilines is 1. The Balaban J connectivity index is 1.87. The lowest BCUT2D eigenvalue weighted by atomic mass is 10.1. The van der Waals surface area contributed by atoms with Crippen LogP contribution in [-0.2, 0) is 0 Å². The molecule has 0 bridgehead atoms. The second-order valence-corrected chi connectivity index (χ2v) is 5.35. The first-order valence-electron chi connectivity index (χ1n) is 7.19. The molecule has 3 rings (SSSR count). The maximum atomic E-state index is 12.4. The summed E-state index contributed by atoms with van der Waals surface area (Å²) in [5.74, 6) is -1.21. The van der Waals surface area contributed by atoms with Crippen LogP contribution in [0.2, 0.25) is 0 Å². The van der Waals surface area contributed by atoms with E-state index in [0.717, 1.165) is 10.8 Å². The van der Waals surface area contributed by atoms with Crippen LogP contribution in [0.25, 0.3) is 10.8 Å². The van der Waals surface area contributed by atoms with E-state index in [0.29, 0.717) is 16.8 Å². The van der Waals surface area contributed by atoms with Gasteiger partial charge in [0, 0.05) is 11.3 Å². The molecular weight excluding hydrogens is 290 g/mol. The zero-order valence-corrected chi connectivity index (χ0v) is 12.5. The normalized spacial score (nSPS) is 10.5. The van der Waals surface area contributed by atoms with Crippen LogP contribution < -0.4 is 5.32 Å². The van der Waals surface area contributed by atoms with Gasteiger partial charge >= 0.3 is 5.97 Å². The Morgan fingerprint density at radius 2 is 1.57 bits per heavy atom. The zero-order valence-electron chi connectivity index (χ0n) is 12.5. The molecule has 23 heavy (non-hydrogen) atoms. The molecule has 114 valence electrons. The highest BCUT2D eigenvalue weighted by molar-refractivity contribution is 6.07. The first kappa shape index (κ1) is 14.8. The van der Waals surface area contributed by atoms with Gasteiger partial charge in [0.25, 0.3) is 5.91 Å². The second-order valence-electron chi connectivity index (χ2n) is 5.35. The van der Waals surface area contributed by atoms with Crippen molar-refractivity contribution in [2.24, 2.45) is 0 Å². The number of aromatic carboxylic acids is 1. The minimum Gasteiger partial charge on any atom is -0.478 e. The Kier molecular flexibility index (Phi) is 3.81. The van der Waals surface area contributed by atoms with Crippen LogP contribution in [0.1, 0.15) is 26.3 Å². The van der Waals surface area contributed by atoms with E-state index >= 15 is 0 Å². The van der Waals surface area contributed by atoms with Crippen molar-refractivity contribution in [2.75, 3.05) is 5.32 Å². The number of carboxylic acid groups (broad SMARTS) is 1. The summed E-state index contributed by atoms with van der Waals surface area (Å²) in [6.45, 7) is 1.77.